The molecule has 0 bridgehead atoms. The van der Waals surface area contributed by atoms with E-state index in [0.29, 0.717) is 0 Å². The van der Waals surface area contributed by atoms with Crippen LogP contribution in [-0.2, 0) is 10.0 Å². The molecule has 12 heteroatoms. The molecular formula is C16H13F5N2O4S. The first-order valence-corrected chi connectivity index (χ1v) is 8.97. The minimum absolute atomic E-state index is 0.0218. The van der Waals surface area contributed by atoms with Crippen molar-refractivity contribution in [1.29, 1.82) is 0 Å². The van der Waals surface area contributed by atoms with Crippen molar-refractivity contribution in [3.05, 3.63) is 54.1 Å². The molecule has 0 aliphatic rings. The van der Waals surface area contributed by atoms with E-state index < -0.39 is 35.3 Å². The summed E-state index contributed by atoms with van der Waals surface area (Å²) in [5.41, 5.74) is -0.263. The summed E-state index contributed by atoms with van der Waals surface area (Å²) in [6.45, 7) is -4.59. The van der Waals surface area contributed by atoms with Crippen LogP contribution in [0.25, 0.3) is 0 Å². The van der Waals surface area contributed by atoms with Crippen molar-refractivity contribution in [3.63, 3.8) is 0 Å². The van der Waals surface area contributed by atoms with Gasteiger partial charge in [-0.3, -0.25) is 9.52 Å². The number of alkyl halides is 5. The summed E-state index contributed by atoms with van der Waals surface area (Å²) < 4.78 is 91.8. The number of anilines is 1. The second kappa shape index (κ2) is 8.42. The number of halogens is 5. The minimum Gasteiger partial charge on any atom is -0.435 e. The Balaban J connectivity index is 2.14. The molecule has 6 nitrogen and oxygen atoms in total. The molecule has 0 saturated carbocycles. The first-order chi connectivity index (χ1) is 13.0. The Bertz CT molecular complexity index is 931. The van der Waals surface area contributed by atoms with Crippen LogP contribution in [0.5, 0.6) is 5.75 Å². The lowest BCUT2D eigenvalue weighted by Gasteiger charge is -2.11. The lowest BCUT2D eigenvalue weighted by molar-refractivity contribution is -0.123. The number of carbonyl (C=O) groups is 1. The zero-order valence-electron chi connectivity index (χ0n) is 13.8. The van der Waals surface area contributed by atoms with Crippen molar-refractivity contribution >= 4 is 21.6 Å². The van der Waals surface area contributed by atoms with Crippen LogP contribution in [0, 0.1) is 0 Å². The third-order valence-electron chi connectivity index (χ3n) is 3.19. The Morgan fingerprint density at radius 3 is 2.29 bits per heavy atom. The van der Waals surface area contributed by atoms with Gasteiger partial charge in [0.05, 0.1) is 4.90 Å². The third-order valence-corrected chi connectivity index (χ3v) is 4.57. The van der Waals surface area contributed by atoms with Gasteiger partial charge in [-0.15, -0.1) is 0 Å². The summed E-state index contributed by atoms with van der Waals surface area (Å²) >= 11 is 0. The van der Waals surface area contributed by atoms with Gasteiger partial charge in [0.15, 0.2) is 0 Å². The van der Waals surface area contributed by atoms with Crippen LogP contribution in [0.4, 0.5) is 27.6 Å². The maximum Gasteiger partial charge on any atom is 0.405 e. The molecule has 1 amide bonds. The first-order valence-electron chi connectivity index (χ1n) is 7.49. The fourth-order valence-electron chi connectivity index (χ4n) is 2.01. The number of benzene rings is 2. The van der Waals surface area contributed by atoms with Crippen molar-refractivity contribution in [1.82, 2.24) is 5.32 Å². The Morgan fingerprint density at radius 2 is 1.71 bits per heavy atom. The highest BCUT2D eigenvalue weighted by Crippen LogP contribution is 2.21. The average molecular weight is 424 g/mol. The molecule has 0 aromatic heterocycles. The molecule has 0 spiro atoms. The second-order valence-corrected chi connectivity index (χ2v) is 7.02. The van der Waals surface area contributed by atoms with Gasteiger partial charge in [0.25, 0.3) is 15.9 Å². The summed E-state index contributed by atoms with van der Waals surface area (Å²) in [5.74, 6) is -1.27. The van der Waals surface area contributed by atoms with Crippen LogP contribution in [-0.4, -0.2) is 33.7 Å². The van der Waals surface area contributed by atoms with E-state index in [9.17, 15) is 35.2 Å². The summed E-state index contributed by atoms with van der Waals surface area (Å²) in [6.07, 6.45) is -4.61. The highest BCUT2D eigenvalue weighted by atomic mass is 32.2. The van der Waals surface area contributed by atoms with E-state index in [2.05, 4.69) is 9.46 Å². The molecule has 0 saturated heterocycles. The fourth-order valence-corrected chi connectivity index (χ4v) is 3.11. The largest absolute Gasteiger partial charge is 0.435 e. The van der Waals surface area contributed by atoms with E-state index in [1.807, 2.05) is 0 Å². The van der Waals surface area contributed by atoms with Gasteiger partial charge in [0, 0.05) is 11.3 Å². The molecule has 0 heterocycles. The maximum atomic E-state index is 12.4. The van der Waals surface area contributed by atoms with Crippen LogP contribution in [0.1, 0.15) is 10.4 Å². The molecule has 0 aliphatic heterocycles. The van der Waals surface area contributed by atoms with Crippen LogP contribution in [0.3, 0.4) is 0 Å². The topological polar surface area (TPSA) is 84.5 Å². The smallest absolute Gasteiger partial charge is 0.405 e. The van der Waals surface area contributed by atoms with Crippen molar-refractivity contribution in [2.75, 3.05) is 11.3 Å². The quantitative estimate of drug-likeness (QED) is 0.668. The number of rotatable bonds is 7. The highest BCUT2D eigenvalue weighted by Gasteiger charge is 2.28. The normalized spacial score (nSPS) is 11.9. The number of hydrogen-bond donors (Lipinski definition) is 2. The Morgan fingerprint density at radius 1 is 1.07 bits per heavy atom. The summed E-state index contributed by atoms with van der Waals surface area (Å²) in [5, 5.41) is 1.63. The number of nitrogens with one attached hydrogen (secondary N) is 2. The molecule has 0 fully saturated rings. The van der Waals surface area contributed by atoms with Gasteiger partial charge in [0.2, 0.25) is 0 Å². The zero-order valence-corrected chi connectivity index (χ0v) is 14.7. The van der Waals surface area contributed by atoms with Crippen molar-refractivity contribution < 1.29 is 39.9 Å². The van der Waals surface area contributed by atoms with Gasteiger partial charge in [-0.2, -0.15) is 22.0 Å². The van der Waals surface area contributed by atoms with Crippen LogP contribution in [0.2, 0.25) is 0 Å². The van der Waals surface area contributed by atoms with Gasteiger partial charge in [-0.25, -0.2) is 8.42 Å². The van der Waals surface area contributed by atoms with Gasteiger partial charge < -0.3 is 10.1 Å². The molecule has 0 radical (unpaired) electrons. The van der Waals surface area contributed by atoms with Crippen molar-refractivity contribution in [2.24, 2.45) is 0 Å². The van der Waals surface area contributed by atoms with E-state index in [1.165, 1.54) is 18.2 Å². The van der Waals surface area contributed by atoms with E-state index in [-0.39, 0.29) is 21.9 Å². The van der Waals surface area contributed by atoms with Gasteiger partial charge in [-0.05, 0) is 42.5 Å². The third kappa shape index (κ3) is 6.37. The zero-order chi connectivity index (χ0) is 20.9. The van der Waals surface area contributed by atoms with Gasteiger partial charge in [-0.1, -0.05) is 6.07 Å². The van der Waals surface area contributed by atoms with Crippen molar-refractivity contribution in [3.8, 4) is 5.75 Å². The van der Waals surface area contributed by atoms with E-state index >= 15 is 0 Å². The van der Waals surface area contributed by atoms with E-state index in [4.69, 9.17) is 0 Å². The SMILES string of the molecule is O=C(NCC(F)(F)F)c1cccc(S(=O)(=O)Nc2ccc(OC(F)F)cc2)c1. The standard InChI is InChI=1S/C16H13F5N2O4S/c17-15(18)27-12-6-4-11(5-7-12)23-28(25,26)13-3-1-2-10(8-13)14(24)22-9-16(19,20)21/h1-8,15,23H,9H2,(H,22,24). The Kier molecular flexibility index (Phi) is 6.44. The van der Waals surface area contributed by atoms with Crippen LogP contribution < -0.4 is 14.8 Å². The number of sulfonamides is 1. The molecule has 2 N–H and O–H groups in total. The molecule has 2 aromatic carbocycles. The molecule has 0 atom stereocenters. The molecule has 2 rings (SSSR count). The molecule has 28 heavy (non-hydrogen) atoms. The summed E-state index contributed by atoms with van der Waals surface area (Å²) in [4.78, 5) is 11.4. The summed E-state index contributed by atoms with van der Waals surface area (Å²) in [6, 6.07) is 8.97. The molecule has 2 aromatic rings. The second-order valence-electron chi connectivity index (χ2n) is 5.33. The maximum absolute atomic E-state index is 12.4. The van der Waals surface area contributed by atoms with Crippen LogP contribution >= 0.6 is 0 Å². The Hall–Kier alpha value is -2.89. The predicted molar refractivity (Wildman–Crippen MR) is 88.7 cm³/mol. The Labute approximate surface area is 156 Å². The molecule has 152 valence electrons. The van der Waals surface area contributed by atoms with Crippen molar-refractivity contribution in [2.45, 2.75) is 17.7 Å². The van der Waals surface area contributed by atoms with Crippen LogP contribution in [0.15, 0.2) is 53.4 Å². The van der Waals surface area contributed by atoms with Gasteiger partial charge in [0.1, 0.15) is 12.3 Å². The first kappa shape index (κ1) is 21.4. The average Bonchev–Trinajstić information content (AvgIpc) is 2.60. The summed E-state index contributed by atoms with van der Waals surface area (Å²) in [7, 11) is -4.19. The number of ether oxygens (including phenoxy) is 1. The number of amides is 1. The monoisotopic (exact) mass is 424 g/mol. The molecular weight excluding hydrogens is 411 g/mol. The lowest BCUT2D eigenvalue weighted by atomic mass is 10.2. The van der Waals surface area contributed by atoms with E-state index in [0.717, 1.165) is 30.3 Å². The van der Waals surface area contributed by atoms with E-state index in [1.54, 1.807) is 5.32 Å². The molecule has 0 aliphatic carbocycles. The molecule has 0 unspecified atom stereocenters. The lowest BCUT2D eigenvalue weighted by Crippen LogP contribution is -2.33. The number of carbonyl (C=O) groups excluding carboxylic acids is 1. The minimum atomic E-state index is -4.61. The van der Waals surface area contributed by atoms with Gasteiger partial charge >= 0.3 is 12.8 Å². The number of hydrogen-bond acceptors (Lipinski definition) is 4. The predicted octanol–water partition coefficient (Wildman–Crippen LogP) is 3.38. The highest BCUT2D eigenvalue weighted by molar-refractivity contribution is 7.92. The fraction of sp³-hybridized carbons (Fsp3) is 0.188.